The molecule has 2 amide bonds. The van der Waals surface area contributed by atoms with E-state index in [1.54, 1.807) is 32.5 Å². The van der Waals surface area contributed by atoms with E-state index < -0.39 is 33.8 Å². The van der Waals surface area contributed by atoms with Crippen LogP contribution in [0, 0.1) is 17.8 Å². The summed E-state index contributed by atoms with van der Waals surface area (Å²) in [7, 11) is 0.967. The zero-order chi connectivity index (χ0) is 41.3. The molecule has 15 heteroatoms. The van der Waals surface area contributed by atoms with E-state index in [4.69, 9.17) is 30.5 Å². The number of hydrogen-bond donors (Lipinski definition) is 1. The predicted octanol–water partition coefficient (Wildman–Crippen LogP) is 6.74. The minimum absolute atomic E-state index is 0.0484. The number of ether oxygens (including phenoxy) is 4. The van der Waals surface area contributed by atoms with Crippen molar-refractivity contribution in [1.29, 1.82) is 0 Å². The van der Waals surface area contributed by atoms with Crippen molar-refractivity contribution in [2.45, 2.75) is 63.3 Å². The highest BCUT2D eigenvalue weighted by molar-refractivity contribution is 7.92. The summed E-state index contributed by atoms with van der Waals surface area (Å²) in [5.41, 5.74) is 3.96. The second-order valence-electron chi connectivity index (χ2n) is 16.3. The highest BCUT2D eigenvalue weighted by atomic mass is 35.5. The minimum Gasteiger partial charge on any atom is -0.490 e. The van der Waals surface area contributed by atoms with Crippen molar-refractivity contribution in [2.75, 3.05) is 44.6 Å². The van der Waals surface area contributed by atoms with Crippen LogP contribution in [0.5, 0.6) is 11.6 Å². The Hall–Kier alpha value is -4.76. The zero-order valence-electron chi connectivity index (χ0n) is 33.8. The summed E-state index contributed by atoms with van der Waals surface area (Å²) in [5, 5.41) is 4.91. The van der Waals surface area contributed by atoms with Crippen molar-refractivity contribution in [1.82, 2.24) is 19.5 Å². The van der Waals surface area contributed by atoms with E-state index in [-0.39, 0.29) is 46.8 Å². The van der Waals surface area contributed by atoms with Crippen molar-refractivity contribution < 1.29 is 32.7 Å². The molecule has 0 radical (unpaired) electrons. The monoisotopic (exact) mass is 842 g/mol. The fraction of sp³-hybridized carbons (Fsp3) is 0.455. The first-order valence-electron chi connectivity index (χ1n) is 20.2. The summed E-state index contributed by atoms with van der Waals surface area (Å²) < 4.78 is 48.2. The molecule has 59 heavy (non-hydrogen) atoms. The summed E-state index contributed by atoms with van der Waals surface area (Å²) in [6, 6.07) is 17.1. The summed E-state index contributed by atoms with van der Waals surface area (Å²) in [5.74, 6) is -0.953. The van der Waals surface area contributed by atoms with Gasteiger partial charge in [-0.15, -0.1) is 9.46 Å². The molecule has 2 aliphatic carbocycles. The van der Waals surface area contributed by atoms with E-state index in [1.165, 1.54) is 29.1 Å². The van der Waals surface area contributed by atoms with Crippen LogP contribution in [0.4, 0.5) is 5.69 Å². The Morgan fingerprint density at radius 3 is 2.71 bits per heavy atom. The molecule has 2 aliphatic heterocycles. The molecule has 0 saturated heterocycles. The smallest absolute Gasteiger partial charge is 0.286 e. The van der Waals surface area contributed by atoms with Crippen molar-refractivity contribution >= 4 is 39.0 Å². The van der Waals surface area contributed by atoms with Crippen molar-refractivity contribution in [3.8, 4) is 11.6 Å². The number of pyridine rings is 1. The number of nitrogens with one attached hydrogen (secondary N) is 1. The first kappa shape index (κ1) is 41.0. The van der Waals surface area contributed by atoms with E-state index in [0.717, 1.165) is 48.5 Å². The van der Waals surface area contributed by atoms with E-state index in [1.807, 2.05) is 49.4 Å². The van der Waals surface area contributed by atoms with E-state index in [9.17, 15) is 9.59 Å². The van der Waals surface area contributed by atoms with Gasteiger partial charge in [-0.3, -0.25) is 24.0 Å². The lowest BCUT2D eigenvalue weighted by atomic mass is 9.68. The molecule has 4 aliphatic rings. The van der Waals surface area contributed by atoms with Gasteiger partial charge in [-0.25, -0.2) is 4.21 Å². The summed E-state index contributed by atoms with van der Waals surface area (Å²) in [6.45, 7) is 3.90. The average molecular weight is 843 g/mol. The second-order valence-corrected chi connectivity index (χ2v) is 18.7. The van der Waals surface area contributed by atoms with Crippen LogP contribution in [0.2, 0.25) is 5.02 Å². The molecule has 4 heterocycles. The summed E-state index contributed by atoms with van der Waals surface area (Å²) in [4.78, 5) is 35.0. The number of aromatic nitrogens is 3. The van der Waals surface area contributed by atoms with Crippen molar-refractivity contribution in [3.05, 3.63) is 112 Å². The van der Waals surface area contributed by atoms with Crippen LogP contribution >= 0.6 is 11.6 Å². The van der Waals surface area contributed by atoms with Gasteiger partial charge in [-0.1, -0.05) is 42.8 Å². The Morgan fingerprint density at radius 2 is 1.95 bits per heavy atom. The van der Waals surface area contributed by atoms with Gasteiger partial charge in [0.15, 0.2) is 0 Å². The molecule has 312 valence electrons. The number of anilines is 1. The Morgan fingerprint density at radius 1 is 1.10 bits per heavy atom. The lowest BCUT2D eigenvalue weighted by Crippen LogP contribution is -2.49. The highest BCUT2D eigenvalue weighted by Crippen LogP contribution is 2.47. The summed E-state index contributed by atoms with van der Waals surface area (Å²) in [6.07, 6.45) is 11.2. The number of nitrogens with zero attached hydrogens (tertiary/aromatic N) is 5. The average Bonchev–Trinajstić information content (AvgIpc) is 3.53. The molecule has 2 aromatic heterocycles. The zero-order valence-corrected chi connectivity index (χ0v) is 35.4. The molecule has 1 fully saturated rings. The fourth-order valence-electron chi connectivity index (χ4n) is 9.19. The van der Waals surface area contributed by atoms with Gasteiger partial charge in [-0.2, -0.15) is 0 Å². The topological polar surface area (TPSA) is 146 Å². The third-order valence-corrected chi connectivity index (χ3v) is 14.5. The fourth-order valence-corrected chi connectivity index (χ4v) is 11.3. The Bertz CT molecular complexity index is 2360. The second kappa shape index (κ2) is 17.1. The van der Waals surface area contributed by atoms with Crippen LogP contribution in [-0.2, 0) is 44.9 Å². The maximum atomic E-state index is 15.1. The number of methoxy groups -OCH3 is 2. The number of amides is 2. The number of hydrogen-bond acceptors (Lipinski definition) is 10. The van der Waals surface area contributed by atoms with Gasteiger partial charge in [0, 0.05) is 61.6 Å². The lowest BCUT2D eigenvalue weighted by molar-refractivity contribution is 0.00989. The molecule has 2 aromatic carbocycles. The molecule has 0 unspecified atom stereocenters. The van der Waals surface area contributed by atoms with Gasteiger partial charge in [0.2, 0.25) is 5.88 Å². The molecule has 1 saturated carbocycles. The van der Waals surface area contributed by atoms with Gasteiger partial charge >= 0.3 is 0 Å². The maximum absolute atomic E-state index is 15.1. The van der Waals surface area contributed by atoms with Gasteiger partial charge in [0.25, 0.3) is 11.8 Å². The predicted molar refractivity (Wildman–Crippen MR) is 225 cm³/mol. The van der Waals surface area contributed by atoms with E-state index in [0.29, 0.717) is 31.4 Å². The molecule has 7 atom stereocenters. The van der Waals surface area contributed by atoms with E-state index >= 15 is 4.21 Å². The molecular weight excluding hydrogens is 792 g/mol. The first-order valence-corrected chi connectivity index (χ1v) is 22.2. The Kier molecular flexibility index (Phi) is 11.9. The maximum Gasteiger partial charge on any atom is 0.286 e. The Balaban J connectivity index is 1.22. The number of halogens is 1. The van der Waals surface area contributed by atoms with Crippen LogP contribution in [0.3, 0.4) is 0 Å². The van der Waals surface area contributed by atoms with Crippen LogP contribution in [0.1, 0.15) is 70.1 Å². The molecule has 1 N–H and O–H groups in total. The number of carbonyl (C=O) groups is 2. The molecule has 8 rings (SSSR count). The lowest BCUT2D eigenvalue weighted by Gasteiger charge is -2.46. The van der Waals surface area contributed by atoms with Gasteiger partial charge < -0.3 is 23.8 Å². The molecule has 4 aromatic rings. The van der Waals surface area contributed by atoms with Gasteiger partial charge in [0.1, 0.15) is 21.2 Å². The highest BCUT2D eigenvalue weighted by Gasteiger charge is 2.44. The van der Waals surface area contributed by atoms with Crippen molar-refractivity contribution in [2.24, 2.45) is 29.2 Å². The number of benzene rings is 2. The standard InChI is InChI=1S/C44H51ClN6O7S/c1-28-25-59(54,49-42(53)35-23-50(2)47-43(35)56-4)48-41(52)30-11-15-40-37(21-30)51(26-44(27-58-40)18-7-8-29-20-32(45)12-14-36(29)44)22-31-10-13-34(31)39(55-3)17-16-38(28)57-24-33-9-5-6-19-46-33/h5-6,9,11-12,14-17,19-21,23,28,31,34,38-39H,7-8,10,13,18,22,24-27H2,1-4H3,(H,48,49,52,53,54)/b17-16+/t28-,31+,34-,38+,39+,44+,59+/m1/s1. The minimum atomic E-state index is -3.81. The van der Waals surface area contributed by atoms with E-state index in [2.05, 4.69) is 36.2 Å². The molecule has 13 nitrogen and oxygen atoms in total. The number of fused-ring (bicyclic) bond motifs is 4. The van der Waals surface area contributed by atoms with Crippen molar-refractivity contribution in [3.63, 3.8) is 0 Å². The summed E-state index contributed by atoms with van der Waals surface area (Å²) >= 11 is 6.50. The molecular formula is C44H51ClN6O7S. The third-order valence-electron chi connectivity index (χ3n) is 12.3. The number of aryl methyl sites for hydroxylation is 2. The Labute approximate surface area is 350 Å². The largest absolute Gasteiger partial charge is 0.490 e. The van der Waals surface area contributed by atoms with Crippen LogP contribution < -0.4 is 19.1 Å². The SMILES string of the molecule is COc1nn(C)cc1C(=O)N[S@@]1(=O)=NC(=O)c2ccc3c(c2)N(C[C@@H]2CC[C@H]2[C@@H](OC)/C=C/[C@H](OCc2ccccn2)[C@H](C)C1)C[C@@]1(CCCc2cc(Cl)ccc21)CO3. The first-order chi connectivity index (χ1) is 28.5. The normalized spacial score (nSPS) is 28.5. The third kappa shape index (κ3) is 8.63. The molecule has 1 spiro atoms. The van der Waals surface area contributed by atoms with Gasteiger partial charge in [-0.05, 0) is 97.5 Å². The number of carbonyl (C=O) groups excluding carboxylic acids is 2. The quantitative estimate of drug-likeness (QED) is 0.199. The van der Waals surface area contributed by atoms with Crippen LogP contribution in [0.15, 0.2) is 83.5 Å². The number of rotatable bonds is 7. The van der Waals surface area contributed by atoms with Crippen LogP contribution in [-0.4, -0.2) is 82.7 Å². The van der Waals surface area contributed by atoms with Gasteiger partial charge in [0.05, 0.1) is 49.7 Å². The van der Waals surface area contributed by atoms with Crippen LogP contribution in [0.25, 0.3) is 0 Å². The molecule has 2 bridgehead atoms.